The van der Waals surface area contributed by atoms with Crippen LogP contribution in [0.5, 0.6) is 11.5 Å². The van der Waals surface area contributed by atoms with Gasteiger partial charge in [0.1, 0.15) is 11.5 Å². The molecule has 0 atom stereocenters. The van der Waals surface area contributed by atoms with Gasteiger partial charge in [0.05, 0.1) is 22.4 Å². The van der Waals surface area contributed by atoms with Crippen LogP contribution in [0.3, 0.4) is 0 Å². The van der Waals surface area contributed by atoms with Crippen LogP contribution in [0.2, 0.25) is 0 Å². The van der Waals surface area contributed by atoms with E-state index in [2.05, 4.69) is 0 Å². The summed E-state index contributed by atoms with van der Waals surface area (Å²) in [5, 5.41) is 22.3. The molecule has 5 heteroatoms. The van der Waals surface area contributed by atoms with Gasteiger partial charge >= 0.3 is 0 Å². The maximum absolute atomic E-state index is 10.2. The van der Waals surface area contributed by atoms with Crippen molar-refractivity contribution in [2.45, 2.75) is 0 Å². The van der Waals surface area contributed by atoms with Crippen molar-refractivity contribution < 1.29 is 27.0 Å². The van der Waals surface area contributed by atoms with Crippen molar-refractivity contribution in [1.82, 2.24) is 9.97 Å². The van der Waals surface area contributed by atoms with Gasteiger partial charge in [-0.1, -0.05) is 48.5 Å². The van der Waals surface area contributed by atoms with Crippen molar-refractivity contribution in [2.75, 3.05) is 0 Å². The quantitative estimate of drug-likeness (QED) is 0.367. The summed E-state index contributed by atoms with van der Waals surface area (Å²) in [6.45, 7) is 0. The first-order valence-corrected chi connectivity index (χ1v) is 8.98. The first-order chi connectivity index (χ1) is 13.7. The maximum atomic E-state index is 10.2. The first-order valence-electron chi connectivity index (χ1n) is 8.98. The van der Waals surface area contributed by atoms with Crippen LogP contribution < -0.4 is 0 Å². The molecule has 0 fully saturated rings. The zero-order valence-electron chi connectivity index (χ0n) is 15.2. The van der Waals surface area contributed by atoms with Gasteiger partial charge in [-0.15, -0.1) is 0 Å². The number of hydrogen-bond acceptors (Lipinski definition) is 4. The van der Waals surface area contributed by atoms with Crippen LogP contribution in [0.25, 0.3) is 44.3 Å². The molecule has 0 aliphatic heterocycles. The van der Waals surface area contributed by atoms with E-state index >= 15 is 0 Å². The minimum atomic E-state index is 0. The monoisotopic (exact) mass is 423 g/mol. The Morgan fingerprint density at radius 1 is 0.483 bits per heavy atom. The minimum absolute atomic E-state index is 0. The van der Waals surface area contributed by atoms with Crippen LogP contribution in [-0.2, 0) is 16.8 Å². The fraction of sp³-hybridized carbons (Fsp3) is 0. The number of fused-ring (bicyclic) bond motifs is 3. The number of para-hydroxylation sites is 2. The van der Waals surface area contributed by atoms with Crippen molar-refractivity contribution >= 4 is 21.8 Å². The van der Waals surface area contributed by atoms with Crippen molar-refractivity contribution in [3.8, 4) is 34.0 Å². The predicted octanol–water partition coefficient (Wildman–Crippen LogP) is 5.53. The Morgan fingerprint density at radius 3 is 1.28 bits per heavy atom. The van der Waals surface area contributed by atoms with E-state index in [1.165, 1.54) is 0 Å². The third-order valence-electron chi connectivity index (χ3n) is 4.88. The molecule has 2 heterocycles. The molecule has 29 heavy (non-hydrogen) atoms. The topological polar surface area (TPSA) is 66.2 Å². The summed E-state index contributed by atoms with van der Waals surface area (Å²) in [6.07, 6.45) is 0. The fourth-order valence-electron chi connectivity index (χ4n) is 3.45. The van der Waals surface area contributed by atoms with Gasteiger partial charge in [0.25, 0.3) is 0 Å². The second-order valence-electron chi connectivity index (χ2n) is 6.64. The Kier molecular flexibility index (Phi) is 4.92. The fourth-order valence-corrected chi connectivity index (χ4v) is 3.45. The molecule has 5 rings (SSSR count). The average Bonchev–Trinajstić information content (AvgIpc) is 2.74. The van der Waals surface area contributed by atoms with E-state index in [1.807, 2.05) is 60.7 Å². The van der Waals surface area contributed by atoms with Crippen LogP contribution in [0.15, 0.2) is 84.9 Å². The summed E-state index contributed by atoms with van der Waals surface area (Å²) in [6, 6.07) is 26.1. The third-order valence-corrected chi connectivity index (χ3v) is 4.88. The Hall–Kier alpha value is -3.41. The Balaban J connectivity index is 0.00000205. The zero-order valence-corrected chi connectivity index (χ0v) is 16.2. The standard InChI is InChI=1S/C24H16N2O2.Co/c27-21-7-3-1-5-17(21)19-13-11-15-9-10-16-12-14-20(26-24(16)23(15)25-19)18-6-2-4-8-22(18)28;/h1-14,27-28H;. The van der Waals surface area contributed by atoms with Crippen molar-refractivity contribution in [1.29, 1.82) is 0 Å². The number of rotatable bonds is 2. The van der Waals surface area contributed by atoms with Gasteiger partial charge in [-0.05, 0) is 36.4 Å². The molecule has 0 aliphatic rings. The molecule has 0 amide bonds. The normalized spacial score (nSPS) is 10.8. The van der Waals surface area contributed by atoms with E-state index in [-0.39, 0.29) is 28.3 Å². The summed E-state index contributed by atoms with van der Waals surface area (Å²) < 4.78 is 0. The largest absolute Gasteiger partial charge is 0.507 e. The number of aromatic hydroxyl groups is 2. The average molecular weight is 423 g/mol. The summed E-state index contributed by atoms with van der Waals surface area (Å²) in [7, 11) is 0. The smallest absolute Gasteiger partial charge is 0.124 e. The number of hydrogen-bond donors (Lipinski definition) is 2. The zero-order chi connectivity index (χ0) is 19.1. The molecule has 0 saturated carbocycles. The second-order valence-corrected chi connectivity index (χ2v) is 6.64. The number of nitrogens with zero attached hydrogens (tertiary/aromatic N) is 2. The summed E-state index contributed by atoms with van der Waals surface area (Å²) in [4.78, 5) is 9.61. The molecule has 0 saturated heterocycles. The van der Waals surface area contributed by atoms with Gasteiger partial charge in [0, 0.05) is 38.7 Å². The Labute approximate surface area is 177 Å². The van der Waals surface area contributed by atoms with E-state index in [0.29, 0.717) is 22.5 Å². The summed E-state index contributed by atoms with van der Waals surface area (Å²) in [5.41, 5.74) is 4.25. The number of pyridine rings is 2. The third kappa shape index (κ3) is 3.31. The molecule has 2 aromatic heterocycles. The van der Waals surface area contributed by atoms with Gasteiger partial charge < -0.3 is 10.2 Å². The Bertz CT molecular complexity index is 1250. The van der Waals surface area contributed by atoms with E-state index in [4.69, 9.17) is 9.97 Å². The van der Waals surface area contributed by atoms with Crippen LogP contribution in [0.1, 0.15) is 0 Å². The summed E-state index contributed by atoms with van der Waals surface area (Å²) in [5.74, 6) is 0.384. The maximum Gasteiger partial charge on any atom is 0.124 e. The van der Waals surface area contributed by atoms with E-state index in [1.54, 1.807) is 24.3 Å². The molecular weight excluding hydrogens is 407 g/mol. The van der Waals surface area contributed by atoms with Crippen molar-refractivity contribution in [2.24, 2.45) is 0 Å². The first kappa shape index (κ1) is 18.9. The van der Waals surface area contributed by atoms with Gasteiger partial charge in [-0.2, -0.15) is 0 Å². The van der Waals surface area contributed by atoms with Gasteiger partial charge in [-0.25, -0.2) is 9.97 Å². The summed E-state index contributed by atoms with van der Waals surface area (Å²) >= 11 is 0. The second kappa shape index (κ2) is 7.54. The molecule has 4 nitrogen and oxygen atoms in total. The Morgan fingerprint density at radius 2 is 0.862 bits per heavy atom. The number of phenols is 2. The van der Waals surface area contributed by atoms with Gasteiger partial charge in [0.15, 0.2) is 0 Å². The molecule has 0 bridgehead atoms. The molecular formula is C24H16CoN2O2. The van der Waals surface area contributed by atoms with Crippen molar-refractivity contribution in [3.63, 3.8) is 0 Å². The van der Waals surface area contributed by atoms with E-state index in [0.717, 1.165) is 21.8 Å². The van der Waals surface area contributed by atoms with Gasteiger partial charge in [0.2, 0.25) is 0 Å². The van der Waals surface area contributed by atoms with E-state index in [9.17, 15) is 10.2 Å². The van der Waals surface area contributed by atoms with Crippen molar-refractivity contribution in [3.05, 3.63) is 84.9 Å². The van der Waals surface area contributed by atoms with Crippen LogP contribution >= 0.6 is 0 Å². The minimum Gasteiger partial charge on any atom is -0.507 e. The van der Waals surface area contributed by atoms with E-state index < -0.39 is 0 Å². The molecule has 143 valence electrons. The van der Waals surface area contributed by atoms with Crippen LogP contribution in [0.4, 0.5) is 0 Å². The number of aromatic nitrogens is 2. The molecule has 3 aromatic carbocycles. The number of benzene rings is 3. The van der Waals surface area contributed by atoms with Gasteiger partial charge in [-0.3, -0.25) is 0 Å². The molecule has 5 aromatic rings. The molecule has 0 spiro atoms. The van der Waals surface area contributed by atoms with Crippen LogP contribution in [0, 0.1) is 0 Å². The SMILES string of the molecule is Oc1ccccc1-c1ccc2ccc3ccc(-c4ccccc4O)nc3c2n1.[Co]. The number of phenolic OH excluding ortho intramolecular Hbond substituents is 2. The molecule has 1 radical (unpaired) electrons. The predicted molar refractivity (Wildman–Crippen MR) is 111 cm³/mol. The molecule has 0 aliphatic carbocycles. The van der Waals surface area contributed by atoms with Crippen LogP contribution in [-0.4, -0.2) is 20.2 Å². The molecule has 2 N–H and O–H groups in total. The molecule has 0 unspecified atom stereocenters.